The Morgan fingerprint density at radius 2 is 1.95 bits per heavy atom. The molecule has 0 atom stereocenters. The van der Waals surface area contributed by atoms with Gasteiger partial charge in [-0.25, -0.2) is 0 Å². The lowest BCUT2D eigenvalue weighted by molar-refractivity contribution is 0.307. The second kappa shape index (κ2) is 6.12. The summed E-state index contributed by atoms with van der Waals surface area (Å²) in [5, 5.41) is 7.53. The number of halogens is 1. The molecule has 1 aromatic heterocycles. The molecule has 0 fully saturated rings. The smallest absolute Gasteiger partial charge is 0.145 e. The van der Waals surface area contributed by atoms with Crippen LogP contribution in [0.3, 0.4) is 0 Å². The van der Waals surface area contributed by atoms with Crippen LogP contribution >= 0.6 is 11.6 Å². The van der Waals surface area contributed by atoms with Gasteiger partial charge in [-0.3, -0.25) is 5.10 Å². The van der Waals surface area contributed by atoms with Crippen LogP contribution in [-0.2, 0) is 6.61 Å². The van der Waals surface area contributed by atoms with Gasteiger partial charge in [-0.15, -0.1) is 0 Å². The Morgan fingerprint density at radius 3 is 2.64 bits per heavy atom. The molecule has 0 spiro atoms. The van der Waals surface area contributed by atoms with Gasteiger partial charge >= 0.3 is 0 Å². The lowest BCUT2D eigenvalue weighted by Crippen LogP contribution is -1.98. The first-order valence-corrected chi connectivity index (χ1v) is 7.29. The van der Waals surface area contributed by atoms with Crippen molar-refractivity contribution in [3.8, 4) is 17.0 Å². The third-order valence-electron chi connectivity index (χ3n) is 3.39. The van der Waals surface area contributed by atoms with Gasteiger partial charge in [0.15, 0.2) is 0 Å². The molecule has 0 aliphatic heterocycles. The number of aromatic amines is 1. The molecule has 0 unspecified atom stereocenters. The lowest BCUT2D eigenvalue weighted by atomic mass is 10.1. The van der Waals surface area contributed by atoms with Crippen molar-refractivity contribution in [2.45, 2.75) is 13.5 Å². The van der Waals surface area contributed by atoms with Gasteiger partial charge < -0.3 is 10.5 Å². The molecule has 0 radical (unpaired) electrons. The number of aromatic nitrogens is 2. The number of nitrogens with one attached hydrogen (secondary N) is 1. The summed E-state index contributed by atoms with van der Waals surface area (Å²) in [6.45, 7) is 2.43. The van der Waals surface area contributed by atoms with Crippen LogP contribution in [0.1, 0.15) is 11.1 Å². The number of nitrogen functional groups attached to an aromatic ring is 1. The topological polar surface area (TPSA) is 63.9 Å². The van der Waals surface area contributed by atoms with Crippen LogP contribution in [-0.4, -0.2) is 10.2 Å². The van der Waals surface area contributed by atoms with Crippen molar-refractivity contribution in [1.29, 1.82) is 0 Å². The van der Waals surface area contributed by atoms with Crippen LogP contribution in [0.25, 0.3) is 11.3 Å². The standard InChI is InChI=1S/C17H16ClN3O/c1-11-7-16(22-10-12-5-3-2-4-6-12)13(8-14(11)18)15-9-17(19)21-20-15/h2-9H,10H2,1H3,(H3,19,20,21). The molecule has 0 saturated heterocycles. The third-order valence-corrected chi connectivity index (χ3v) is 3.79. The minimum absolute atomic E-state index is 0.431. The van der Waals surface area contributed by atoms with Gasteiger partial charge in [-0.2, -0.15) is 5.10 Å². The van der Waals surface area contributed by atoms with E-state index in [1.54, 1.807) is 6.07 Å². The maximum absolute atomic E-state index is 6.24. The van der Waals surface area contributed by atoms with Crippen LogP contribution in [0.5, 0.6) is 5.75 Å². The number of nitrogens with zero attached hydrogens (tertiary/aromatic N) is 1. The Labute approximate surface area is 133 Å². The highest BCUT2D eigenvalue weighted by Crippen LogP contribution is 2.34. The van der Waals surface area contributed by atoms with Gasteiger partial charge in [-0.1, -0.05) is 41.9 Å². The molecule has 1 heterocycles. The number of ether oxygens (including phenoxy) is 1. The molecule has 3 N–H and O–H groups in total. The first kappa shape index (κ1) is 14.5. The molecule has 0 amide bonds. The fraction of sp³-hybridized carbons (Fsp3) is 0.118. The van der Waals surface area contributed by atoms with E-state index in [-0.39, 0.29) is 0 Å². The summed E-state index contributed by atoms with van der Waals surface area (Å²) in [6, 6.07) is 15.6. The quantitative estimate of drug-likeness (QED) is 0.758. The largest absolute Gasteiger partial charge is 0.488 e. The predicted octanol–water partition coefficient (Wildman–Crippen LogP) is 4.20. The lowest BCUT2D eigenvalue weighted by Gasteiger charge is -2.13. The monoisotopic (exact) mass is 313 g/mol. The van der Waals surface area contributed by atoms with E-state index in [2.05, 4.69) is 10.2 Å². The van der Waals surface area contributed by atoms with Gasteiger partial charge in [0.1, 0.15) is 18.2 Å². The van der Waals surface area contributed by atoms with Crippen LogP contribution in [0.4, 0.5) is 5.82 Å². The minimum atomic E-state index is 0.431. The molecule has 5 heteroatoms. The number of rotatable bonds is 4. The number of hydrogen-bond donors (Lipinski definition) is 2. The van der Waals surface area contributed by atoms with Crippen molar-refractivity contribution in [3.63, 3.8) is 0 Å². The molecular formula is C17H16ClN3O. The average Bonchev–Trinajstić information content (AvgIpc) is 2.95. The summed E-state index contributed by atoms with van der Waals surface area (Å²) >= 11 is 6.24. The van der Waals surface area contributed by atoms with E-state index in [1.807, 2.05) is 49.4 Å². The fourth-order valence-electron chi connectivity index (χ4n) is 2.20. The molecule has 0 aliphatic carbocycles. The van der Waals surface area contributed by atoms with Gasteiger partial charge in [0.25, 0.3) is 0 Å². The van der Waals surface area contributed by atoms with Crippen LogP contribution < -0.4 is 10.5 Å². The minimum Gasteiger partial charge on any atom is -0.488 e. The normalized spacial score (nSPS) is 10.6. The number of aryl methyl sites for hydroxylation is 1. The maximum atomic E-state index is 6.24. The van der Waals surface area contributed by atoms with E-state index in [0.29, 0.717) is 17.4 Å². The van der Waals surface area contributed by atoms with Crippen molar-refractivity contribution in [1.82, 2.24) is 10.2 Å². The summed E-state index contributed by atoms with van der Waals surface area (Å²) in [6.07, 6.45) is 0. The van der Waals surface area contributed by atoms with Crippen molar-refractivity contribution in [2.24, 2.45) is 0 Å². The molecule has 0 aliphatic rings. The van der Waals surface area contributed by atoms with Gasteiger partial charge in [0, 0.05) is 16.7 Å². The van der Waals surface area contributed by atoms with Crippen LogP contribution in [0.2, 0.25) is 5.02 Å². The second-order valence-corrected chi connectivity index (χ2v) is 5.49. The summed E-state index contributed by atoms with van der Waals surface area (Å²) in [5.41, 5.74) is 9.37. The van der Waals surface area contributed by atoms with E-state index in [1.165, 1.54) is 0 Å². The molecule has 112 valence electrons. The van der Waals surface area contributed by atoms with Crippen molar-refractivity contribution in [3.05, 3.63) is 64.7 Å². The van der Waals surface area contributed by atoms with Crippen LogP contribution in [0, 0.1) is 6.92 Å². The Balaban J connectivity index is 1.93. The van der Waals surface area contributed by atoms with Crippen molar-refractivity contribution in [2.75, 3.05) is 5.73 Å². The molecule has 3 rings (SSSR count). The predicted molar refractivity (Wildman–Crippen MR) is 89.0 cm³/mol. The highest BCUT2D eigenvalue weighted by molar-refractivity contribution is 6.31. The first-order valence-electron chi connectivity index (χ1n) is 6.91. The van der Waals surface area contributed by atoms with E-state index >= 15 is 0 Å². The Kier molecular flexibility index (Phi) is 4.02. The number of benzene rings is 2. The third kappa shape index (κ3) is 3.07. The SMILES string of the molecule is Cc1cc(OCc2ccccc2)c(-c2cc(N)n[nH]2)cc1Cl. The molecule has 2 aromatic carbocycles. The van der Waals surface area contributed by atoms with Gasteiger partial charge in [-0.05, 0) is 30.2 Å². The number of nitrogens with two attached hydrogens (primary N) is 1. The summed E-state index contributed by atoms with van der Waals surface area (Å²) in [7, 11) is 0. The zero-order valence-corrected chi connectivity index (χ0v) is 12.9. The van der Waals surface area contributed by atoms with E-state index < -0.39 is 0 Å². The van der Waals surface area contributed by atoms with E-state index in [4.69, 9.17) is 22.1 Å². The average molecular weight is 314 g/mol. The van der Waals surface area contributed by atoms with E-state index in [0.717, 1.165) is 28.1 Å². The van der Waals surface area contributed by atoms with Gasteiger partial charge in [0.2, 0.25) is 0 Å². The Bertz CT molecular complexity index is 784. The molecule has 0 bridgehead atoms. The highest BCUT2D eigenvalue weighted by atomic mass is 35.5. The zero-order valence-electron chi connectivity index (χ0n) is 12.1. The first-order chi connectivity index (χ1) is 10.6. The van der Waals surface area contributed by atoms with Crippen LogP contribution in [0.15, 0.2) is 48.5 Å². The molecule has 4 nitrogen and oxygen atoms in total. The second-order valence-electron chi connectivity index (χ2n) is 5.08. The summed E-state index contributed by atoms with van der Waals surface area (Å²) < 4.78 is 5.98. The zero-order chi connectivity index (χ0) is 15.5. The van der Waals surface area contributed by atoms with Crippen molar-refractivity contribution >= 4 is 17.4 Å². The number of hydrogen-bond acceptors (Lipinski definition) is 3. The van der Waals surface area contributed by atoms with Gasteiger partial charge in [0.05, 0.1) is 5.69 Å². The van der Waals surface area contributed by atoms with Crippen molar-refractivity contribution < 1.29 is 4.74 Å². The molecule has 0 saturated carbocycles. The summed E-state index contributed by atoms with van der Waals surface area (Å²) in [4.78, 5) is 0. The maximum Gasteiger partial charge on any atom is 0.145 e. The Morgan fingerprint density at radius 1 is 1.18 bits per heavy atom. The molecule has 22 heavy (non-hydrogen) atoms. The summed E-state index contributed by atoms with van der Waals surface area (Å²) in [5.74, 6) is 1.18. The fourth-order valence-corrected chi connectivity index (χ4v) is 2.36. The number of H-pyrrole nitrogens is 1. The van der Waals surface area contributed by atoms with E-state index in [9.17, 15) is 0 Å². The molecule has 3 aromatic rings. The highest BCUT2D eigenvalue weighted by Gasteiger charge is 2.12. The molecular weight excluding hydrogens is 298 g/mol. The number of anilines is 1. The Hall–Kier alpha value is -2.46.